The summed E-state index contributed by atoms with van der Waals surface area (Å²) in [4.78, 5) is 12.8. The first-order valence-corrected chi connectivity index (χ1v) is 6.23. The highest BCUT2D eigenvalue weighted by Gasteiger charge is 2.22. The lowest BCUT2D eigenvalue weighted by Crippen LogP contribution is -2.49. The molecular formula is C12H20N6. The molecular weight excluding hydrogens is 228 g/mol. The third kappa shape index (κ3) is 2.59. The lowest BCUT2D eigenvalue weighted by atomic mass is 10.2. The maximum absolute atomic E-state index is 7.56. The summed E-state index contributed by atoms with van der Waals surface area (Å²) >= 11 is 0. The number of rotatable bonds is 3. The molecule has 1 aromatic heterocycles. The van der Waals surface area contributed by atoms with Gasteiger partial charge >= 0.3 is 0 Å². The van der Waals surface area contributed by atoms with E-state index in [-0.39, 0.29) is 5.84 Å². The van der Waals surface area contributed by atoms with Gasteiger partial charge in [-0.3, -0.25) is 10.3 Å². The van der Waals surface area contributed by atoms with Crippen LogP contribution in [0.4, 0.5) is 5.82 Å². The maximum atomic E-state index is 7.56. The Hall–Kier alpha value is -1.69. The van der Waals surface area contributed by atoms with Gasteiger partial charge in [0, 0.05) is 38.4 Å². The molecule has 98 valence electrons. The molecule has 6 nitrogen and oxygen atoms in total. The third-order valence-corrected chi connectivity index (χ3v) is 3.33. The second-order valence-electron chi connectivity index (χ2n) is 4.79. The van der Waals surface area contributed by atoms with Gasteiger partial charge in [0.25, 0.3) is 0 Å². The summed E-state index contributed by atoms with van der Waals surface area (Å²) in [6.45, 7) is 8.27. The normalized spacial score (nSPS) is 17.2. The number of piperazine rings is 1. The van der Waals surface area contributed by atoms with Crippen LogP contribution in [0.2, 0.25) is 0 Å². The van der Waals surface area contributed by atoms with Gasteiger partial charge in [-0.2, -0.15) is 0 Å². The molecule has 0 amide bonds. The standard InChI is InChI=1S/C12H20N6/c1-9(2)17-3-5-18(6-4-17)12-10(11(13)14)7-15-8-16-12/h7-9H,3-6H2,1-2H3,(H3,13,14). The highest BCUT2D eigenvalue weighted by molar-refractivity contribution is 5.99. The van der Waals surface area contributed by atoms with E-state index in [1.807, 2.05) is 0 Å². The molecule has 0 saturated carbocycles. The van der Waals surface area contributed by atoms with Gasteiger partial charge in [0.15, 0.2) is 0 Å². The van der Waals surface area contributed by atoms with E-state index in [1.54, 1.807) is 6.20 Å². The van der Waals surface area contributed by atoms with Crippen molar-refractivity contribution < 1.29 is 0 Å². The Morgan fingerprint density at radius 3 is 2.56 bits per heavy atom. The van der Waals surface area contributed by atoms with Gasteiger partial charge in [-0.25, -0.2) is 9.97 Å². The van der Waals surface area contributed by atoms with E-state index in [0.717, 1.165) is 32.0 Å². The number of nitrogen functional groups attached to an aromatic ring is 1. The molecule has 18 heavy (non-hydrogen) atoms. The highest BCUT2D eigenvalue weighted by Crippen LogP contribution is 2.18. The number of aromatic nitrogens is 2. The van der Waals surface area contributed by atoms with Crippen molar-refractivity contribution in [1.82, 2.24) is 14.9 Å². The Morgan fingerprint density at radius 1 is 1.33 bits per heavy atom. The van der Waals surface area contributed by atoms with E-state index in [2.05, 4.69) is 33.6 Å². The maximum Gasteiger partial charge on any atom is 0.143 e. The van der Waals surface area contributed by atoms with Crippen molar-refractivity contribution in [2.45, 2.75) is 19.9 Å². The fourth-order valence-electron chi connectivity index (χ4n) is 2.22. The summed E-state index contributed by atoms with van der Waals surface area (Å²) in [6.07, 6.45) is 3.12. The average Bonchev–Trinajstić information content (AvgIpc) is 2.39. The second kappa shape index (κ2) is 5.30. The molecule has 1 fully saturated rings. The lowest BCUT2D eigenvalue weighted by Gasteiger charge is -2.37. The van der Waals surface area contributed by atoms with Crippen molar-refractivity contribution in [1.29, 1.82) is 5.41 Å². The quantitative estimate of drug-likeness (QED) is 0.593. The number of nitrogens with one attached hydrogen (secondary N) is 1. The summed E-state index contributed by atoms with van der Waals surface area (Å²) in [5.74, 6) is 0.804. The molecule has 1 aromatic rings. The van der Waals surface area contributed by atoms with Crippen molar-refractivity contribution >= 4 is 11.7 Å². The molecule has 2 rings (SSSR count). The summed E-state index contributed by atoms with van der Waals surface area (Å²) in [6, 6.07) is 0.574. The van der Waals surface area contributed by atoms with Crippen molar-refractivity contribution in [3.05, 3.63) is 18.1 Å². The molecule has 0 atom stereocenters. The zero-order valence-corrected chi connectivity index (χ0v) is 10.9. The molecule has 6 heteroatoms. The topological polar surface area (TPSA) is 82.1 Å². The molecule has 3 N–H and O–H groups in total. The molecule has 0 spiro atoms. The predicted octanol–water partition coefficient (Wildman–Crippen LogP) is 0.291. The summed E-state index contributed by atoms with van der Waals surface area (Å²) in [7, 11) is 0. The Kier molecular flexibility index (Phi) is 3.76. The molecule has 0 unspecified atom stereocenters. The van der Waals surface area contributed by atoms with E-state index < -0.39 is 0 Å². The first-order valence-electron chi connectivity index (χ1n) is 6.23. The smallest absolute Gasteiger partial charge is 0.143 e. The summed E-state index contributed by atoms with van der Waals surface area (Å²) in [5.41, 5.74) is 6.18. The van der Waals surface area contributed by atoms with E-state index >= 15 is 0 Å². The summed E-state index contributed by atoms with van der Waals surface area (Å²) < 4.78 is 0. The van der Waals surface area contributed by atoms with Gasteiger partial charge < -0.3 is 10.6 Å². The van der Waals surface area contributed by atoms with Crippen molar-refractivity contribution in [3.63, 3.8) is 0 Å². The molecule has 0 bridgehead atoms. The van der Waals surface area contributed by atoms with Crippen LogP contribution in [-0.2, 0) is 0 Å². The fraction of sp³-hybridized carbons (Fsp3) is 0.583. The SMILES string of the molecule is CC(C)N1CCN(c2ncncc2C(=N)N)CC1. The van der Waals surface area contributed by atoms with Crippen LogP contribution in [0.3, 0.4) is 0 Å². The van der Waals surface area contributed by atoms with Crippen LogP contribution in [0.15, 0.2) is 12.5 Å². The Bertz CT molecular complexity index is 422. The average molecular weight is 248 g/mol. The van der Waals surface area contributed by atoms with Gasteiger partial charge in [-0.15, -0.1) is 0 Å². The van der Waals surface area contributed by atoms with Crippen LogP contribution in [-0.4, -0.2) is 52.9 Å². The highest BCUT2D eigenvalue weighted by atomic mass is 15.3. The van der Waals surface area contributed by atoms with Crippen LogP contribution < -0.4 is 10.6 Å². The Balaban J connectivity index is 2.12. The van der Waals surface area contributed by atoms with Gasteiger partial charge in [-0.05, 0) is 13.8 Å². The van der Waals surface area contributed by atoms with Crippen LogP contribution in [0.5, 0.6) is 0 Å². The molecule has 1 aliphatic heterocycles. The van der Waals surface area contributed by atoms with Crippen LogP contribution in [0.1, 0.15) is 19.4 Å². The molecule has 1 aliphatic rings. The van der Waals surface area contributed by atoms with Crippen LogP contribution in [0, 0.1) is 5.41 Å². The minimum Gasteiger partial charge on any atom is -0.384 e. The molecule has 2 heterocycles. The second-order valence-corrected chi connectivity index (χ2v) is 4.79. The Labute approximate surface area is 107 Å². The fourth-order valence-corrected chi connectivity index (χ4v) is 2.22. The first kappa shape index (κ1) is 12.8. The molecule has 1 saturated heterocycles. The van der Waals surface area contributed by atoms with Gasteiger partial charge in [0.05, 0.1) is 5.56 Å². The predicted molar refractivity (Wildman–Crippen MR) is 72.0 cm³/mol. The minimum atomic E-state index is 0.0249. The van der Waals surface area contributed by atoms with E-state index in [0.29, 0.717) is 11.6 Å². The Morgan fingerprint density at radius 2 is 2.00 bits per heavy atom. The van der Waals surface area contributed by atoms with E-state index in [9.17, 15) is 0 Å². The van der Waals surface area contributed by atoms with Crippen LogP contribution in [0.25, 0.3) is 0 Å². The first-order chi connectivity index (χ1) is 8.59. The molecule has 0 aromatic carbocycles. The van der Waals surface area contributed by atoms with E-state index in [4.69, 9.17) is 11.1 Å². The van der Waals surface area contributed by atoms with Crippen LogP contribution >= 0.6 is 0 Å². The van der Waals surface area contributed by atoms with Crippen molar-refractivity contribution in [2.75, 3.05) is 31.1 Å². The minimum absolute atomic E-state index is 0.0249. The van der Waals surface area contributed by atoms with E-state index in [1.165, 1.54) is 6.33 Å². The number of nitrogens with zero attached hydrogens (tertiary/aromatic N) is 4. The van der Waals surface area contributed by atoms with Crippen molar-refractivity contribution in [2.24, 2.45) is 5.73 Å². The summed E-state index contributed by atoms with van der Waals surface area (Å²) in [5, 5.41) is 7.56. The number of nitrogens with two attached hydrogens (primary N) is 1. The third-order valence-electron chi connectivity index (χ3n) is 3.33. The number of hydrogen-bond acceptors (Lipinski definition) is 5. The van der Waals surface area contributed by atoms with Gasteiger partial charge in [0.2, 0.25) is 0 Å². The zero-order chi connectivity index (χ0) is 13.1. The number of amidine groups is 1. The number of hydrogen-bond donors (Lipinski definition) is 2. The lowest BCUT2D eigenvalue weighted by molar-refractivity contribution is 0.209. The largest absolute Gasteiger partial charge is 0.384 e. The van der Waals surface area contributed by atoms with Crippen molar-refractivity contribution in [3.8, 4) is 0 Å². The molecule has 0 radical (unpaired) electrons. The van der Waals surface area contributed by atoms with Gasteiger partial charge in [0.1, 0.15) is 18.0 Å². The van der Waals surface area contributed by atoms with Gasteiger partial charge in [-0.1, -0.05) is 0 Å². The monoisotopic (exact) mass is 248 g/mol. The molecule has 0 aliphatic carbocycles. The number of anilines is 1. The zero-order valence-electron chi connectivity index (χ0n) is 10.9.